The van der Waals surface area contributed by atoms with Crippen LogP contribution in [0.2, 0.25) is 0 Å². The van der Waals surface area contributed by atoms with Crippen LogP contribution in [0.5, 0.6) is 0 Å². The lowest BCUT2D eigenvalue weighted by Crippen LogP contribution is -2.46. The quantitative estimate of drug-likeness (QED) is 0.514. The van der Waals surface area contributed by atoms with Gasteiger partial charge in [-0.3, -0.25) is 9.69 Å². The van der Waals surface area contributed by atoms with Crippen molar-refractivity contribution < 1.29 is 4.79 Å². The molecule has 6 heteroatoms. The van der Waals surface area contributed by atoms with Crippen LogP contribution in [-0.4, -0.2) is 67.5 Å². The van der Waals surface area contributed by atoms with Crippen molar-refractivity contribution in [3.63, 3.8) is 0 Å². The second-order valence-electron chi connectivity index (χ2n) is 7.58. The highest BCUT2D eigenvalue weighted by atomic mass is 16.2. The van der Waals surface area contributed by atoms with Crippen LogP contribution in [0.25, 0.3) is 0 Å². The molecule has 0 saturated carbocycles. The average Bonchev–Trinajstić information content (AvgIpc) is 2.62. The predicted octanol–water partition coefficient (Wildman–Crippen LogP) is 2.49. The summed E-state index contributed by atoms with van der Waals surface area (Å²) in [7, 11) is 3.49. The Morgan fingerprint density at radius 2 is 1.63 bits per heavy atom. The lowest BCUT2D eigenvalue weighted by atomic mass is 10.1. The number of rotatable bonds is 9. The minimum absolute atomic E-state index is 0.0190. The maximum absolute atomic E-state index is 11.9. The highest BCUT2D eigenvalue weighted by Crippen LogP contribution is 2.10. The van der Waals surface area contributed by atoms with Gasteiger partial charge in [-0.25, -0.2) is 4.99 Å². The van der Waals surface area contributed by atoms with Gasteiger partial charge < -0.3 is 15.5 Å². The van der Waals surface area contributed by atoms with E-state index in [0.29, 0.717) is 18.0 Å². The van der Waals surface area contributed by atoms with E-state index >= 15 is 0 Å². The largest absolute Gasteiger partial charge is 0.355 e. The number of likely N-dealkylation sites (N-methyl/N-ethyl adjacent to an activating group) is 1. The fourth-order valence-electron chi connectivity index (χ4n) is 2.89. The van der Waals surface area contributed by atoms with Crippen LogP contribution in [-0.2, 0) is 4.79 Å². The molecule has 2 N–H and O–H groups in total. The van der Waals surface area contributed by atoms with E-state index in [1.165, 1.54) is 5.56 Å². The molecule has 1 atom stereocenters. The molecule has 0 saturated heterocycles. The van der Waals surface area contributed by atoms with Crippen LogP contribution < -0.4 is 10.6 Å². The Morgan fingerprint density at radius 3 is 2.15 bits per heavy atom. The van der Waals surface area contributed by atoms with Gasteiger partial charge in [0.1, 0.15) is 6.54 Å². The lowest BCUT2D eigenvalue weighted by Gasteiger charge is -2.31. The number of nitrogens with zero attached hydrogens (tertiary/aromatic N) is 3. The number of amides is 1. The summed E-state index contributed by atoms with van der Waals surface area (Å²) in [4.78, 5) is 20.4. The third kappa shape index (κ3) is 8.43. The molecule has 1 aromatic rings. The first kappa shape index (κ1) is 23.0. The number of hydrogen-bond acceptors (Lipinski definition) is 3. The Labute approximate surface area is 165 Å². The molecule has 152 valence electrons. The standard InChI is InChI=1S/C21H37N5O/c1-16(2)26(17(3)4)14-13-22-21(23-15-20(27)25(6)7)24-18(5)19-11-9-8-10-12-19/h8-12,16-18H,13-15H2,1-7H3,(H2,22,23,24). The predicted molar refractivity (Wildman–Crippen MR) is 114 cm³/mol. The topological polar surface area (TPSA) is 60.0 Å². The molecule has 1 rings (SSSR count). The third-order valence-electron chi connectivity index (χ3n) is 4.51. The number of benzene rings is 1. The molecule has 0 aliphatic heterocycles. The van der Waals surface area contributed by atoms with Crippen molar-refractivity contribution in [3.05, 3.63) is 35.9 Å². The van der Waals surface area contributed by atoms with Crippen LogP contribution in [0.1, 0.15) is 46.2 Å². The minimum atomic E-state index is -0.0190. The van der Waals surface area contributed by atoms with Gasteiger partial charge in [0.2, 0.25) is 5.91 Å². The van der Waals surface area contributed by atoms with Crippen molar-refractivity contribution in [3.8, 4) is 0 Å². The number of guanidine groups is 1. The van der Waals surface area contributed by atoms with Crippen LogP contribution in [0.3, 0.4) is 0 Å². The second kappa shape index (κ2) is 11.6. The zero-order chi connectivity index (χ0) is 20.4. The van der Waals surface area contributed by atoms with Gasteiger partial charge in [0.25, 0.3) is 0 Å². The Balaban J connectivity index is 2.75. The number of hydrogen-bond donors (Lipinski definition) is 2. The second-order valence-corrected chi connectivity index (χ2v) is 7.58. The molecule has 1 aromatic carbocycles. The van der Waals surface area contributed by atoms with Crippen molar-refractivity contribution in [2.45, 2.75) is 52.7 Å². The Kier molecular flexibility index (Phi) is 9.86. The maximum Gasteiger partial charge on any atom is 0.243 e. The fourth-order valence-corrected chi connectivity index (χ4v) is 2.89. The molecular weight excluding hydrogens is 338 g/mol. The Morgan fingerprint density at radius 1 is 1.04 bits per heavy atom. The molecule has 0 spiro atoms. The molecule has 0 aromatic heterocycles. The van der Waals surface area contributed by atoms with Gasteiger partial charge in [0.15, 0.2) is 5.96 Å². The molecule has 0 fully saturated rings. The molecule has 0 heterocycles. The molecule has 6 nitrogen and oxygen atoms in total. The van der Waals surface area contributed by atoms with E-state index < -0.39 is 0 Å². The summed E-state index contributed by atoms with van der Waals surface area (Å²) in [5, 5.41) is 6.79. The van der Waals surface area contributed by atoms with Crippen LogP contribution in [0.4, 0.5) is 0 Å². The number of carbonyl (C=O) groups excluding carboxylic acids is 1. The summed E-state index contributed by atoms with van der Waals surface area (Å²) in [6.45, 7) is 12.7. The first-order valence-corrected chi connectivity index (χ1v) is 9.78. The zero-order valence-corrected chi connectivity index (χ0v) is 18.0. The monoisotopic (exact) mass is 375 g/mol. The molecule has 1 amide bonds. The molecule has 1 unspecified atom stereocenters. The molecular formula is C21H37N5O. The third-order valence-corrected chi connectivity index (χ3v) is 4.51. The minimum Gasteiger partial charge on any atom is -0.355 e. The van der Waals surface area contributed by atoms with Gasteiger partial charge in [-0.15, -0.1) is 0 Å². The number of nitrogens with one attached hydrogen (secondary N) is 2. The molecule has 0 radical (unpaired) electrons. The van der Waals surface area contributed by atoms with E-state index in [0.717, 1.165) is 13.1 Å². The highest BCUT2D eigenvalue weighted by molar-refractivity contribution is 5.85. The summed E-state index contributed by atoms with van der Waals surface area (Å²) in [5.74, 6) is 0.642. The smallest absolute Gasteiger partial charge is 0.243 e. The SMILES string of the molecule is CC(NC(=NCC(=O)N(C)C)NCCN(C(C)C)C(C)C)c1ccccc1. The zero-order valence-electron chi connectivity index (χ0n) is 18.0. The highest BCUT2D eigenvalue weighted by Gasteiger charge is 2.14. The summed E-state index contributed by atoms with van der Waals surface area (Å²) in [6, 6.07) is 11.3. The van der Waals surface area contributed by atoms with Crippen molar-refractivity contribution in [1.29, 1.82) is 0 Å². The van der Waals surface area contributed by atoms with E-state index in [4.69, 9.17) is 0 Å². The number of aliphatic imine (C=N–C) groups is 1. The van der Waals surface area contributed by atoms with Gasteiger partial charge in [-0.2, -0.15) is 0 Å². The van der Waals surface area contributed by atoms with E-state index in [1.54, 1.807) is 19.0 Å². The van der Waals surface area contributed by atoms with E-state index in [2.05, 4.69) is 67.3 Å². The maximum atomic E-state index is 11.9. The summed E-state index contributed by atoms with van der Waals surface area (Å²) in [5.41, 5.74) is 1.18. The Bertz CT molecular complexity index is 575. The van der Waals surface area contributed by atoms with Crippen molar-refractivity contribution >= 4 is 11.9 Å². The molecule has 0 aliphatic carbocycles. The number of carbonyl (C=O) groups is 1. The first-order chi connectivity index (χ1) is 12.7. The summed E-state index contributed by atoms with van der Waals surface area (Å²) in [6.07, 6.45) is 0. The lowest BCUT2D eigenvalue weighted by molar-refractivity contribution is -0.127. The molecule has 27 heavy (non-hydrogen) atoms. The first-order valence-electron chi connectivity index (χ1n) is 9.78. The normalized spacial score (nSPS) is 13.2. The van der Waals surface area contributed by atoms with Crippen molar-refractivity contribution in [1.82, 2.24) is 20.4 Å². The van der Waals surface area contributed by atoms with E-state index in [1.807, 2.05) is 18.2 Å². The average molecular weight is 376 g/mol. The summed E-state index contributed by atoms with van der Waals surface area (Å²) >= 11 is 0. The van der Waals surface area contributed by atoms with Gasteiger partial charge in [-0.05, 0) is 40.2 Å². The van der Waals surface area contributed by atoms with Crippen molar-refractivity contribution in [2.24, 2.45) is 4.99 Å². The van der Waals surface area contributed by atoms with Gasteiger partial charge in [-0.1, -0.05) is 30.3 Å². The molecule has 0 aliphatic rings. The van der Waals surface area contributed by atoms with E-state index in [-0.39, 0.29) is 18.5 Å². The Hall–Kier alpha value is -2.08. The van der Waals surface area contributed by atoms with Crippen LogP contribution in [0, 0.1) is 0 Å². The van der Waals surface area contributed by atoms with Gasteiger partial charge in [0, 0.05) is 39.3 Å². The van der Waals surface area contributed by atoms with Crippen molar-refractivity contribution in [2.75, 3.05) is 33.7 Å². The van der Waals surface area contributed by atoms with E-state index in [9.17, 15) is 4.79 Å². The fraction of sp³-hybridized carbons (Fsp3) is 0.619. The molecule has 0 bridgehead atoms. The summed E-state index contributed by atoms with van der Waals surface area (Å²) < 4.78 is 0. The van der Waals surface area contributed by atoms with Crippen LogP contribution >= 0.6 is 0 Å². The van der Waals surface area contributed by atoms with Gasteiger partial charge >= 0.3 is 0 Å². The van der Waals surface area contributed by atoms with Gasteiger partial charge in [0.05, 0.1) is 6.04 Å². The van der Waals surface area contributed by atoms with Crippen LogP contribution in [0.15, 0.2) is 35.3 Å².